The number of hydrogen-bond donors (Lipinski definition) is 2. The molecule has 116 valence electrons. The highest BCUT2D eigenvalue weighted by molar-refractivity contribution is 5.93. The molecule has 0 fully saturated rings. The number of methoxy groups -OCH3 is 2. The summed E-state index contributed by atoms with van der Waals surface area (Å²) in [5, 5.41) is 11.2. The molecule has 0 bridgehead atoms. The largest absolute Gasteiger partial charge is 0.493 e. The molecule has 0 saturated heterocycles. The van der Waals surface area contributed by atoms with Crippen molar-refractivity contribution in [1.29, 1.82) is 0 Å². The number of rotatable bonds is 7. The monoisotopic (exact) mass is 295 g/mol. The Kier molecular flexibility index (Phi) is 5.58. The van der Waals surface area contributed by atoms with Crippen LogP contribution in [0.2, 0.25) is 0 Å². The van der Waals surface area contributed by atoms with Crippen LogP contribution >= 0.6 is 0 Å². The van der Waals surface area contributed by atoms with Crippen LogP contribution in [-0.4, -0.2) is 37.7 Å². The van der Waals surface area contributed by atoms with Gasteiger partial charge in [0.25, 0.3) is 0 Å². The van der Waals surface area contributed by atoms with Crippen molar-refractivity contribution in [3.05, 3.63) is 23.8 Å². The molecule has 0 heterocycles. The third kappa shape index (κ3) is 4.66. The third-order valence-electron chi connectivity index (χ3n) is 3.20. The molecule has 1 amide bonds. The van der Waals surface area contributed by atoms with Gasteiger partial charge in [-0.2, -0.15) is 0 Å². The minimum atomic E-state index is -1.14. The molecule has 6 nitrogen and oxygen atoms in total. The van der Waals surface area contributed by atoms with E-state index in [0.29, 0.717) is 18.0 Å². The van der Waals surface area contributed by atoms with E-state index < -0.39 is 18.3 Å². The molecule has 1 rings (SSSR count). The van der Waals surface area contributed by atoms with E-state index in [1.54, 1.807) is 20.3 Å². The van der Waals surface area contributed by atoms with Crippen molar-refractivity contribution in [1.82, 2.24) is 5.32 Å². The molecule has 0 spiro atoms. The molecule has 0 aliphatic rings. The van der Waals surface area contributed by atoms with Crippen molar-refractivity contribution in [2.75, 3.05) is 20.8 Å². The highest BCUT2D eigenvalue weighted by Crippen LogP contribution is 2.32. The lowest BCUT2D eigenvalue weighted by Crippen LogP contribution is -2.37. The molecule has 6 heteroatoms. The van der Waals surface area contributed by atoms with Gasteiger partial charge in [0, 0.05) is 12.0 Å². The zero-order valence-corrected chi connectivity index (χ0v) is 12.7. The van der Waals surface area contributed by atoms with E-state index in [9.17, 15) is 9.59 Å². The molecular weight excluding hydrogens is 274 g/mol. The summed E-state index contributed by atoms with van der Waals surface area (Å²) in [7, 11) is 3.12. The van der Waals surface area contributed by atoms with Crippen LogP contribution in [0.3, 0.4) is 0 Å². The molecular formula is C15H21NO5. The van der Waals surface area contributed by atoms with Crippen molar-refractivity contribution in [3.8, 4) is 11.5 Å². The summed E-state index contributed by atoms with van der Waals surface area (Å²) in [6, 6.07) is 5.54. The lowest BCUT2D eigenvalue weighted by atomic mass is 9.84. The van der Waals surface area contributed by atoms with Crippen LogP contribution in [0.5, 0.6) is 11.5 Å². The van der Waals surface area contributed by atoms with Crippen molar-refractivity contribution >= 4 is 11.9 Å². The molecule has 0 aromatic heterocycles. The van der Waals surface area contributed by atoms with Gasteiger partial charge in [0.15, 0.2) is 11.5 Å². The van der Waals surface area contributed by atoms with Crippen LogP contribution in [0.25, 0.3) is 0 Å². The number of aliphatic carboxylic acids is 1. The van der Waals surface area contributed by atoms with Gasteiger partial charge in [-0.05, 0) is 17.7 Å². The number of carboxylic acid groups (broad SMARTS) is 1. The quantitative estimate of drug-likeness (QED) is 0.746. The van der Waals surface area contributed by atoms with Crippen LogP contribution in [0.15, 0.2) is 18.2 Å². The van der Waals surface area contributed by atoms with Crippen molar-refractivity contribution in [2.24, 2.45) is 0 Å². The number of carbonyl (C=O) groups is 2. The summed E-state index contributed by atoms with van der Waals surface area (Å²) in [5.41, 5.74) is 0.587. The van der Waals surface area contributed by atoms with Crippen LogP contribution in [0, 0.1) is 0 Å². The summed E-state index contributed by atoms with van der Waals surface area (Å²) in [5.74, 6) is -0.403. The Hall–Kier alpha value is -2.24. The fourth-order valence-electron chi connectivity index (χ4n) is 1.88. The molecule has 0 aliphatic heterocycles. The molecule has 0 aliphatic carbocycles. The zero-order chi connectivity index (χ0) is 16.0. The van der Waals surface area contributed by atoms with E-state index in [2.05, 4.69) is 5.32 Å². The van der Waals surface area contributed by atoms with E-state index in [0.717, 1.165) is 5.56 Å². The molecule has 1 aromatic carbocycles. The predicted octanol–water partition coefficient (Wildman–Crippen LogP) is 1.57. The molecule has 2 N–H and O–H groups in total. The summed E-state index contributed by atoms with van der Waals surface area (Å²) in [4.78, 5) is 21.9. The Morgan fingerprint density at radius 1 is 1.19 bits per heavy atom. The lowest BCUT2D eigenvalue weighted by molar-refractivity contribution is -0.140. The topological polar surface area (TPSA) is 84.9 Å². The molecule has 0 saturated carbocycles. The number of nitrogens with one attached hydrogen (secondary N) is 1. The van der Waals surface area contributed by atoms with Gasteiger partial charge in [-0.25, -0.2) is 0 Å². The summed E-state index contributed by atoms with van der Waals surface area (Å²) < 4.78 is 10.4. The number of benzene rings is 1. The fraction of sp³-hybridized carbons (Fsp3) is 0.467. The van der Waals surface area contributed by atoms with Crippen molar-refractivity contribution < 1.29 is 24.2 Å². The Morgan fingerprint density at radius 2 is 1.81 bits per heavy atom. The van der Waals surface area contributed by atoms with Crippen molar-refractivity contribution in [3.63, 3.8) is 0 Å². The van der Waals surface area contributed by atoms with Crippen LogP contribution < -0.4 is 14.8 Å². The first kappa shape index (κ1) is 16.8. The van der Waals surface area contributed by atoms with E-state index >= 15 is 0 Å². The standard InChI is InChI=1S/C15H21NO5/c1-15(2,9-16-13(17)8-14(18)19)10-5-6-11(20-3)12(7-10)21-4/h5-7H,8-9H2,1-4H3,(H,16,17)(H,18,19). The SMILES string of the molecule is COc1ccc(C(C)(C)CNC(=O)CC(=O)O)cc1OC. The first-order valence-electron chi connectivity index (χ1n) is 6.51. The predicted molar refractivity (Wildman–Crippen MR) is 77.8 cm³/mol. The number of hydrogen-bond acceptors (Lipinski definition) is 4. The van der Waals surface area contributed by atoms with Gasteiger partial charge in [-0.15, -0.1) is 0 Å². The Morgan fingerprint density at radius 3 is 2.33 bits per heavy atom. The van der Waals surface area contributed by atoms with Crippen molar-refractivity contribution in [2.45, 2.75) is 25.7 Å². The highest BCUT2D eigenvalue weighted by atomic mass is 16.5. The van der Waals surface area contributed by atoms with E-state index in [1.807, 2.05) is 26.0 Å². The van der Waals surface area contributed by atoms with Gasteiger partial charge in [-0.3, -0.25) is 9.59 Å². The van der Waals surface area contributed by atoms with Crippen LogP contribution in [0.1, 0.15) is 25.8 Å². The minimum absolute atomic E-state index is 0.328. The third-order valence-corrected chi connectivity index (χ3v) is 3.20. The number of carbonyl (C=O) groups excluding carboxylic acids is 1. The van der Waals surface area contributed by atoms with Gasteiger partial charge < -0.3 is 19.9 Å². The Labute approximate surface area is 124 Å². The number of carboxylic acids is 1. The summed E-state index contributed by atoms with van der Waals surface area (Å²) in [6.07, 6.45) is -0.526. The lowest BCUT2D eigenvalue weighted by Gasteiger charge is -2.26. The first-order valence-corrected chi connectivity index (χ1v) is 6.51. The van der Waals surface area contributed by atoms with E-state index in [-0.39, 0.29) is 5.41 Å². The van der Waals surface area contributed by atoms with E-state index in [1.165, 1.54) is 0 Å². The number of amides is 1. The molecule has 1 aromatic rings. The molecule has 0 atom stereocenters. The molecule has 21 heavy (non-hydrogen) atoms. The maximum absolute atomic E-state index is 11.4. The van der Waals surface area contributed by atoms with Gasteiger partial charge in [0.1, 0.15) is 6.42 Å². The minimum Gasteiger partial charge on any atom is -0.493 e. The second kappa shape index (κ2) is 6.97. The van der Waals surface area contributed by atoms with Gasteiger partial charge >= 0.3 is 5.97 Å². The first-order chi connectivity index (χ1) is 9.80. The van der Waals surface area contributed by atoms with Gasteiger partial charge in [0.2, 0.25) is 5.91 Å². The zero-order valence-electron chi connectivity index (χ0n) is 12.7. The van der Waals surface area contributed by atoms with Crippen LogP contribution in [0.4, 0.5) is 0 Å². The second-order valence-electron chi connectivity index (χ2n) is 5.30. The van der Waals surface area contributed by atoms with Gasteiger partial charge in [-0.1, -0.05) is 19.9 Å². The fourth-order valence-corrected chi connectivity index (χ4v) is 1.88. The van der Waals surface area contributed by atoms with Crippen LogP contribution in [-0.2, 0) is 15.0 Å². The average molecular weight is 295 g/mol. The number of ether oxygens (including phenoxy) is 2. The smallest absolute Gasteiger partial charge is 0.312 e. The summed E-state index contributed by atoms with van der Waals surface area (Å²) in [6.45, 7) is 4.24. The summed E-state index contributed by atoms with van der Waals surface area (Å²) >= 11 is 0. The maximum atomic E-state index is 11.4. The molecule has 0 radical (unpaired) electrons. The van der Waals surface area contributed by atoms with Gasteiger partial charge in [0.05, 0.1) is 14.2 Å². The molecule has 0 unspecified atom stereocenters. The average Bonchev–Trinajstić information content (AvgIpc) is 2.43. The Bertz CT molecular complexity index is 525. The second-order valence-corrected chi connectivity index (χ2v) is 5.30. The maximum Gasteiger partial charge on any atom is 0.312 e. The normalized spacial score (nSPS) is 10.9. The highest BCUT2D eigenvalue weighted by Gasteiger charge is 2.23. The Balaban J connectivity index is 2.82. The van der Waals surface area contributed by atoms with E-state index in [4.69, 9.17) is 14.6 Å².